The molecule has 1 atom stereocenters. The molecule has 1 aliphatic rings. The largest absolute Gasteiger partial charge is 0.416 e. The van der Waals surface area contributed by atoms with Crippen LogP contribution in [0.4, 0.5) is 13.2 Å². The first-order valence-corrected chi connectivity index (χ1v) is 7.01. The summed E-state index contributed by atoms with van der Waals surface area (Å²) in [6.45, 7) is 2.00. The highest BCUT2D eigenvalue weighted by Crippen LogP contribution is 2.33. The Kier molecular flexibility index (Phi) is 3.22. The normalized spacial score (nSPS) is 20.3. The fourth-order valence-electron chi connectivity index (χ4n) is 2.37. The third-order valence-electron chi connectivity index (χ3n) is 3.38. The first-order chi connectivity index (χ1) is 9.02. The van der Waals surface area contributed by atoms with E-state index < -0.39 is 11.7 Å². The Bertz CT molecular complexity index is 585. The first kappa shape index (κ1) is 12.9. The summed E-state index contributed by atoms with van der Waals surface area (Å²) in [7, 11) is 0. The summed E-state index contributed by atoms with van der Waals surface area (Å²) in [6, 6.07) is 3.79. The molecule has 1 aromatic carbocycles. The average molecular weight is 286 g/mol. The lowest BCUT2D eigenvalue weighted by Gasteiger charge is -2.05. The van der Waals surface area contributed by atoms with Crippen molar-refractivity contribution in [1.29, 1.82) is 0 Å². The van der Waals surface area contributed by atoms with Gasteiger partial charge in [0.2, 0.25) is 0 Å². The molecule has 1 aromatic heterocycles. The van der Waals surface area contributed by atoms with Gasteiger partial charge in [0.05, 0.1) is 20.8 Å². The third-order valence-corrected chi connectivity index (χ3v) is 4.44. The quantitative estimate of drug-likeness (QED) is 0.914. The Balaban J connectivity index is 1.87. The Morgan fingerprint density at radius 1 is 1.37 bits per heavy atom. The number of benzene rings is 1. The number of nitrogens with zero attached hydrogens (tertiary/aromatic N) is 1. The van der Waals surface area contributed by atoms with Crippen molar-refractivity contribution in [2.45, 2.75) is 19.0 Å². The van der Waals surface area contributed by atoms with Crippen molar-refractivity contribution >= 4 is 21.6 Å². The van der Waals surface area contributed by atoms with Crippen LogP contribution >= 0.6 is 11.3 Å². The Hall–Kier alpha value is -1.14. The van der Waals surface area contributed by atoms with Crippen LogP contribution < -0.4 is 5.32 Å². The summed E-state index contributed by atoms with van der Waals surface area (Å²) in [5.41, 5.74) is -0.167. The summed E-state index contributed by atoms with van der Waals surface area (Å²) in [5, 5.41) is 4.22. The topological polar surface area (TPSA) is 24.9 Å². The van der Waals surface area contributed by atoms with Gasteiger partial charge in [-0.15, -0.1) is 11.3 Å². The van der Waals surface area contributed by atoms with Gasteiger partial charge >= 0.3 is 6.18 Å². The van der Waals surface area contributed by atoms with Crippen LogP contribution in [-0.2, 0) is 12.6 Å². The van der Waals surface area contributed by atoms with Gasteiger partial charge in [-0.1, -0.05) is 0 Å². The molecule has 6 heteroatoms. The molecule has 1 N–H and O–H groups in total. The van der Waals surface area contributed by atoms with E-state index in [0.717, 1.165) is 47.8 Å². The minimum absolute atomic E-state index is 0.459. The number of rotatable bonds is 2. The highest BCUT2D eigenvalue weighted by molar-refractivity contribution is 7.18. The number of nitrogens with one attached hydrogen (secondary N) is 1. The highest BCUT2D eigenvalue weighted by atomic mass is 32.1. The molecule has 2 aromatic rings. The van der Waals surface area contributed by atoms with Crippen molar-refractivity contribution in [3.63, 3.8) is 0 Å². The van der Waals surface area contributed by atoms with Crippen LogP contribution in [0.15, 0.2) is 18.2 Å². The lowest BCUT2D eigenvalue weighted by molar-refractivity contribution is -0.137. The van der Waals surface area contributed by atoms with Gasteiger partial charge in [-0.2, -0.15) is 13.2 Å². The predicted octanol–water partition coefficient (Wildman–Crippen LogP) is 3.47. The second-order valence-corrected chi connectivity index (χ2v) is 5.97. The van der Waals surface area contributed by atoms with E-state index in [4.69, 9.17) is 0 Å². The van der Waals surface area contributed by atoms with Crippen LogP contribution in [0.2, 0.25) is 0 Å². The number of aromatic nitrogens is 1. The van der Waals surface area contributed by atoms with Crippen molar-refractivity contribution in [1.82, 2.24) is 10.3 Å². The second kappa shape index (κ2) is 4.76. The summed E-state index contributed by atoms with van der Waals surface area (Å²) in [4.78, 5) is 4.34. The molecule has 0 radical (unpaired) electrons. The molecule has 19 heavy (non-hydrogen) atoms. The lowest BCUT2D eigenvalue weighted by atomic mass is 10.1. The van der Waals surface area contributed by atoms with E-state index in [-0.39, 0.29) is 0 Å². The van der Waals surface area contributed by atoms with Crippen LogP contribution in [0.5, 0.6) is 0 Å². The Labute approximate surface area is 112 Å². The van der Waals surface area contributed by atoms with E-state index in [9.17, 15) is 13.2 Å². The van der Waals surface area contributed by atoms with Gasteiger partial charge in [-0.3, -0.25) is 0 Å². The molecule has 3 rings (SSSR count). The van der Waals surface area contributed by atoms with E-state index in [2.05, 4.69) is 10.3 Å². The maximum absolute atomic E-state index is 12.6. The summed E-state index contributed by atoms with van der Waals surface area (Å²) in [5.74, 6) is 0.558. The van der Waals surface area contributed by atoms with Gasteiger partial charge in [0.15, 0.2) is 0 Å². The van der Waals surface area contributed by atoms with Crippen molar-refractivity contribution in [3.8, 4) is 0 Å². The molecule has 0 saturated carbocycles. The number of halogens is 3. The molecule has 102 valence electrons. The van der Waals surface area contributed by atoms with Crippen LogP contribution in [0.3, 0.4) is 0 Å². The predicted molar refractivity (Wildman–Crippen MR) is 69.3 cm³/mol. The highest BCUT2D eigenvalue weighted by Gasteiger charge is 2.30. The molecule has 0 amide bonds. The maximum Gasteiger partial charge on any atom is 0.416 e. The second-order valence-electron chi connectivity index (χ2n) is 4.85. The van der Waals surface area contributed by atoms with E-state index in [1.54, 1.807) is 0 Å². The zero-order valence-electron chi connectivity index (χ0n) is 10.1. The van der Waals surface area contributed by atoms with Gasteiger partial charge in [0, 0.05) is 6.42 Å². The van der Waals surface area contributed by atoms with Gasteiger partial charge in [-0.25, -0.2) is 4.98 Å². The molecule has 1 unspecified atom stereocenters. The molecule has 1 aliphatic heterocycles. The molecule has 0 aliphatic carbocycles. The van der Waals surface area contributed by atoms with Crippen molar-refractivity contribution < 1.29 is 13.2 Å². The summed E-state index contributed by atoms with van der Waals surface area (Å²) < 4.78 is 38.7. The smallest absolute Gasteiger partial charge is 0.316 e. The minimum Gasteiger partial charge on any atom is -0.316 e. The van der Waals surface area contributed by atoms with E-state index in [1.165, 1.54) is 17.4 Å². The van der Waals surface area contributed by atoms with E-state index in [1.807, 2.05) is 0 Å². The molecular formula is C13H13F3N2S. The van der Waals surface area contributed by atoms with Crippen molar-refractivity contribution in [2.24, 2.45) is 5.92 Å². The molecule has 2 nitrogen and oxygen atoms in total. The summed E-state index contributed by atoms with van der Waals surface area (Å²) in [6.07, 6.45) is -2.33. The van der Waals surface area contributed by atoms with Gasteiger partial charge in [0.25, 0.3) is 0 Å². The number of hydrogen-bond acceptors (Lipinski definition) is 3. The number of fused-ring (bicyclic) bond motifs is 1. The standard InChI is InChI=1S/C13H13F3N2S/c14-13(15,16)9-1-2-11-10(6-9)18-12(19-11)5-8-3-4-17-7-8/h1-2,6,8,17H,3-5,7H2. The minimum atomic E-state index is -4.30. The molecule has 2 heterocycles. The molecule has 1 fully saturated rings. The monoisotopic (exact) mass is 286 g/mol. The number of alkyl halides is 3. The Morgan fingerprint density at radius 2 is 2.21 bits per heavy atom. The number of thiazole rings is 1. The van der Waals surface area contributed by atoms with Crippen LogP contribution in [-0.4, -0.2) is 18.1 Å². The van der Waals surface area contributed by atoms with Crippen LogP contribution in [0.25, 0.3) is 10.2 Å². The zero-order chi connectivity index (χ0) is 13.5. The first-order valence-electron chi connectivity index (χ1n) is 6.20. The Morgan fingerprint density at radius 3 is 2.89 bits per heavy atom. The molecule has 0 spiro atoms. The van der Waals surface area contributed by atoms with Crippen LogP contribution in [0.1, 0.15) is 17.0 Å². The third kappa shape index (κ3) is 2.74. The molecule has 0 bridgehead atoms. The van der Waals surface area contributed by atoms with E-state index >= 15 is 0 Å². The van der Waals surface area contributed by atoms with Crippen molar-refractivity contribution in [3.05, 3.63) is 28.8 Å². The fourth-order valence-corrected chi connectivity index (χ4v) is 3.44. The average Bonchev–Trinajstić information content (AvgIpc) is 2.95. The summed E-state index contributed by atoms with van der Waals surface area (Å²) >= 11 is 1.50. The molecular weight excluding hydrogens is 273 g/mol. The van der Waals surface area contributed by atoms with Gasteiger partial charge in [0.1, 0.15) is 0 Å². The van der Waals surface area contributed by atoms with Gasteiger partial charge < -0.3 is 5.32 Å². The lowest BCUT2D eigenvalue weighted by Crippen LogP contribution is -2.10. The number of hydrogen-bond donors (Lipinski definition) is 1. The zero-order valence-corrected chi connectivity index (χ0v) is 10.9. The fraction of sp³-hybridized carbons (Fsp3) is 0.462. The van der Waals surface area contributed by atoms with E-state index in [0.29, 0.717) is 11.4 Å². The molecule has 1 saturated heterocycles. The van der Waals surface area contributed by atoms with Crippen LogP contribution in [0, 0.1) is 5.92 Å². The van der Waals surface area contributed by atoms with Gasteiger partial charge in [-0.05, 0) is 43.6 Å². The van der Waals surface area contributed by atoms with Crippen molar-refractivity contribution in [2.75, 3.05) is 13.1 Å². The SMILES string of the molecule is FC(F)(F)c1ccc2sc(CC3CCNC3)nc2c1. The maximum atomic E-state index is 12.6.